The van der Waals surface area contributed by atoms with Crippen LogP contribution >= 0.6 is 11.6 Å². The van der Waals surface area contributed by atoms with Crippen molar-refractivity contribution in [1.82, 2.24) is 4.90 Å². The second-order valence-electron chi connectivity index (χ2n) is 6.83. The molecule has 0 atom stereocenters. The number of nitrogens with zero attached hydrogens (tertiary/aromatic N) is 1. The van der Waals surface area contributed by atoms with E-state index in [1.165, 1.54) is 22.3 Å². The van der Waals surface area contributed by atoms with Crippen LogP contribution in [0.4, 0.5) is 0 Å². The topological polar surface area (TPSA) is 29.3 Å². The maximum absolute atomic E-state index is 6.04. The van der Waals surface area contributed by atoms with Gasteiger partial charge in [0.25, 0.3) is 0 Å². The van der Waals surface area contributed by atoms with Gasteiger partial charge in [-0.05, 0) is 62.1 Å². The molecule has 2 aromatic carbocycles. The van der Waals surface area contributed by atoms with Crippen LogP contribution in [0.1, 0.15) is 43.4 Å². The lowest BCUT2D eigenvalue weighted by molar-refractivity contribution is 0.253. The second kappa shape index (κ2) is 11.8. The van der Waals surface area contributed by atoms with Crippen LogP contribution in [0, 0.1) is 0 Å². The maximum atomic E-state index is 6.04. The molecule has 0 aliphatic carbocycles. The molecule has 0 saturated carbocycles. The van der Waals surface area contributed by atoms with E-state index in [9.17, 15) is 0 Å². The number of benzene rings is 2. The fourth-order valence-electron chi connectivity index (χ4n) is 3.22. The van der Waals surface area contributed by atoms with E-state index in [2.05, 4.69) is 73.4 Å². The van der Waals surface area contributed by atoms with Gasteiger partial charge >= 0.3 is 0 Å². The lowest BCUT2D eigenvalue weighted by atomic mass is 10.1. The fraction of sp³-hybridized carbons (Fsp3) is 0.333. The molecule has 0 radical (unpaired) electrons. The molecular weight excluding hydrogens is 352 g/mol. The molecule has 2 nitrogen and oxygen atoms in total. The molecule has 0 amide bonds. The summed E-state index contributed by atoms with van der Waals surface area (Å²) in [7, 11) is 0. The van der Waals surface area contributed by atoms with Gasteiger partial charge < -0.3 is 5.73 Å². The van der Waals surface area contributed by atoms with Crippen LogP contribution < -0.4 is 5.73 Å². The Bertz CT molecular complexity index is 747. The average molecular weight is 383 g/mol. The molecule has 3 heteroatoms. The first-order valence-corrected chi connectivity index (χ1v) is 10.0. The van der Waals surface area contributed by atoms with Gasteiger partial charge in [-0.2, -0.15) is 0 Å². The number of rotatable bonds is 10. The van der Waals surface area contributed by atoms with E-state index in [0.717, 1.165) is 37.5 Å². The van der Waals surface area contributed by atoms with Crippen LogP contribution in [0.25, 0.3) is 0 Å². The summed E-state index contributed by atoms with van der Waals surface area (Å²) in [6.07, 6.45) is 8.75. The van der Waals surface area contributed by atoms with Crippen molar-refractivity contribution >= 4 is 11.6 Å². The first kappa shape index (κ1) is 21.4. The monoisotopic (exact) mass is 382 g/mol. The molecule has 0 fully saturated rings. The maximum Gasteiger partial charge on any atom is 0.0406 e. The van der Waals surface area contributed by atoms with Crippen molar-refractivity contribution in [2.75, 3.05) is 6.54 Å². The number of nitrogens with two attached hydrogens (primary N) is 1. The highest BCUT2D eigenvalue weighted by atomic mass is 35.5. The summed E-state index contributed by atoms with van der Waals surface area (Å²) in [5.41, 5.74) is 11.0. The van der Waals surface area contributed by atoms with E-state index >= 15 is 0 Å². The van der Waals surface area contributed by atoms with Crippen LogP contribution in [-0.2, 0) is 19.6 Å². The molecule has 0 aliphatic rings. The zero-order valence-electron chi connectivity index (χ0n) is 16.5. The van der Waals surface area contributed by atoms with Crippen molar-refractivity contribution in [3.8, 4) is 0 Å². The fourth-order valence-corrected chi connectivity index (χ4v) is 3.35. The Balaban J connectivity index is 2.05. The molecular formula is C24H31ClN2. The lowest BCUT2D eigenvalue weighted by Gasteiger charge is -2.23. The Morgan fingerprint density at radius 3 is 2.37 bits per heavy atom. The number of hydrogen-bond acceptors (Lipinski definition) is 2. The largest absolute Gasteiger partial charge is 0.326 e. The van der Waals surface area contributed by atoms with Crippen molar-refractivity contribution in [2.45, 2.75) is 46.3 Å². The van der Waals surface area contributed by atoms with Crippen molar-refractivity contribution < 1.29 is 0 Å². The van der Waals surface area contributed by atoms with E-state index in [-0.39, 0.29) is 0 Å². The average Bonchev–Trinajstić information content (AvgIpc) is 2.69. The summed E-state index contributed by atoms with van der Waals surface area (Å²) in [6, 6.07) is 16.7. The molecule has 144 valence electrons. The highest BCUT2D eigenvalue weighted by molar-refractivity contribution is 6.30. The summed E-state index contributed by atoms with van der Waals surface area (Å²) in [6.45, 7) is 7.65. The van der Waals surface area contributed by atoms with Crippen molar-refractivity contribution in [3.63, 3.8) is 0 Å². The van der Waals surface area contributed by atoms with E-state index in [1.54, 1.807) is 0 Å². The molecule has 0 aliphatic heterocycles. The predicted molar refractivity (Wildman–Crippen MR) is 118 cm³/mol. The summed E-state index contributed by atoms with van der Waals surface area (Å²) in [4.78, 5) is 2.50. The van der Waals surface area contributed by atoms with Crippen molar-refractivity contribution in [1.29, 1.82) is 0 Å². The predicted octanol–water partition coefficient (Wildman–Crippen LogP) is 6.10. The van der Waals surface area contributed by atoms with Gasteiger partial charge in [0, 0.05) is 24.7 Å². The molecule has 0 aromatic heterocycles. The summed E-state index contributed by atoms with van der Waals surface area (Å²) in [5, 5.41) is 0.782. The van der Waals surface area contributed by atoms with E-state index in [1.807, 2.05) is 12.1 Å². The Morgan fingerprint density at radius 2 is 1.70 bits per heavy atom. The minimum Gasteiger partial charge on any atom is -0.326 e. The molecule has 0 unspecified atom stereocenters. The highest BCUT2D eigenvalue weighted by Crippen LogP contribution is 2.16. The van der Waals surface area contributed by atoms with E-state index < -0.39 is 0 Å². The summed E-state index contributed by atoms with van der Waals surface area (Å²) < 4.78 is 0. The van der Waals surface area contributed by atoms with Gasteiger partial charge in [0.2, 0.25) is 0 Å². The van der Waals surface area contributed by atoms with E-state index in [4.69, 9.17) is 17.3 Å². The van der Waals surface area contributed by atoms with Crippen LogP contribution in [0.3, 0.4) is 0 Å². The van der Waals surface area contributed by atoms with Crippen LogP contribution in [0.15, 0.2) is 72.3 Å². The highest BCUT2D eigenvalue weighted by Gasteiger charge is 2.08. The molecule has 2 rings (SSSR count). The zero-order chi connectivity index (χ0) is 19.5. The van der Waals surface area contributed by atoms with Gasteiger partial charge in [-0.25, -0.2) is 0 Å². The molecule has 0 bridgehead atoms. The first-order valence-electron chi connectivity index (χ1n) is 9.67. The summed E-state index contributed by atoms with van der Waals surface area (Å²) in [5.74, 6) is 0. The minimum absolute atomic E-state index is 0.582. The molecule has 2 N–H and O–H groups in total. The third kappa shape index (κ3) is 7.72. The molecule has 2 aromatic rings. The normalized spacial score (nSPS) is 12.3. The van der Waals surface area contributed by atoms with Crippen LogP contribution in [0.5, 0.6) is 0 Å². The van der Waals surface area contributed by atoms with Crippen LogP contribution in [0.2, 0.25) is 5.02 Å². The van der Waals surface area contributed by atoms with Crippen molar-refractivity contribution in [3.05, 3.63) is 94.0 Å². The molecule has 0 heterocycles. The Kier molecular flexibility index (Phi) is 9.34. The Morgan fingerprint density at radius 1 is 1.00 bits per heavy atom. The number of hydrogen-bond donors (Lipinski definition) is 1. The quantitative estimate of drug-likeness (QED) is 0.502. The third-order valence-electron chi connectivity index (χ3n) is 4.64. The standard InChI is InChI=1S/C24H31ClN2/c1-3-7-20(4-2)10-6-15-27(18-21-11-13-24(25)14-12-21)19-23-9-5-8-22(16-23)17-26/h3-5,7-9,11-14,16H,6,10,15,17-19,26H2,1-2H3/b7-3-,20-4+. The molecule has 0 spiro atoms. The van der Waals surface area contributed by atoms with Crippen LogP contribution in [-0.4, -0.2) is 11.4 Å². The van der Waals surface area contributed by atoms with Gasteiger partial charge in [0.15, 0.2) is 0 Å². The molecule has 0 saturated heterocycles. The third-order valence-corrected chi connectivity index (χ3v) is 4.90. The number of halogens is 1. The van der Waals surface area contributed by atoms with Gasteiger partial charge in [-0.3, -0.25) is 4.90 Å². The first-order chi connectivity index (χ1) is 13.1. The SMILES string of the molecule is C/C=C\C(=C/C)CCCN(Cc1ccc(Cl)cc1)Cc1cccc(CN)c1. The van der Waals surface area contributed by atoms with Gasteiger partial charge in [0.1, 0.15) is 0 Å². The van der Waals surface area contributed by atoms with Gasteiger partial charge in [-0.1, -0.05) is 71.8 Å². The van der Waals surface area contributed by atoms with E-state index in [0.29, 0.717) is 6.54 Å². The van der Waals surface area contributed by atoms with Gasteiger partial charge in [-0.15, -0.1) is 0 Å². The Hall–Kier alpha value is -1.87. The molecule has 27 heavy (non-hydrogen) atoms. The second-order valence-corrected chi connectivity index (χ2v) is 7.26. The smallest absolute Gasteiger partial charge is 0.0406 e. The van der Waals surface area contributed by atoms with Crippen molar-refractivity contribution in [2.24, 2.45) is 5.73 Å². The summed E-state index contributed by atoms with van der Waals surface area (Å²) >= 11 is 6.04. The zero-order valence-corrected chi connectivity index (χ0v) is 17.3. The Labute approximate surface area is 169 Å². The van der Waals surface area contributed by atoms with Gasteiger partial charge in [0.05, 0.1) is 0 Å². The number of allylic oxidation sites excluding steroid dienone is 4. The lowest BCUT2D eigenvalue weighted by Crippen LogP contribution is -2.24. The minimum atomic E-state index is 0.582.